The van der Waals surface area contributed by atoms with E-state index in [0.717, 1.165) is 6.42 Å². The van der Waals surface area contributed by atoms with Crippen LogP contribution >= 0.6 is 0 Å². The third-order valence-corrected chi connectivity index (χ3v) is 2.66. The fourth-order valence-corrected chi connectivity index (χ4v) is 1.93. The van der Waals surface area contributed by atoms with Crippen molar-refractivity contribution < 1.29 is 4.39 Å². The van der Waals surface area contributed by atoms with E-state index >= 15 is 0 Å². The van der Waals surface area contributed by atoms with Gasteiger partial charge < -0.3 is 0 Å². The normalized spacial score (nSPS) is 22.0. The lowest BCUT2D eigenvalue weighted by atomic mass is 9.88. The molecular formula is C11H13F. The number of benzene rings is 1. The van der Waals surface area contributed by atoms with Crippen molar-refractivity contribution in [3.05, 3.63) is 34.9 Å². The van der Waals surface area contributed by atoms with Crippen molar-refractivity contribution in [2.75, 3.05) is 0 Å². The van der Waals surface area contributed by atoms with Gasteiger partial charge in [-0.3, -0.25) is 0 Å². The zero-order chi connectivity index (χ0) is 8.55. The molecule has 0 bridgehead atoms. The molecule has 0 saturated heterocycles. The summed E-state index contributed by atoms with van der Waals surface area (Å²) in [6, 6.07) is 6.25. The molecule has 1 aliphatic rings. The highest BCUT2D eigenvalue weighted by Crippen LogP contribution is 2.25. The van der Waals surface area contributed by atoms with Gasteiger partial charge in [0.2, 0.25) is 0 Å². The summed E-state index contributed by atoms with van der Waals surface area (Å²) in [5, 5.41) is 0. The molecule has 0 amide bonds. The zero-order valence-electron chi connectivity index (χ0n) is 7.31. The summed E-state index contributed by atoms with van der Waals surface area (Å²) in [5.74, 6) is 0. The summed E-state index contributed by atoms with van der Waals surface area (Å²) < 4.78 is 13.0. The second kappa shape index (κ2) is 2.89. The van der Waals surface area contributed by atoms with E-state index in [1.807, 2.05) is 0 Å². The number of hydrogen-bond acceptors (Lipinski definition) is 0. The Labute approximate surface area is 72.4 Å². The third kappa shape index (κ3) is 1.24. The highest BCUT2D eigenvalue weighted by atomic mass is 19.1. The summed E-state index contributed by atoms with van der Waals surface area (Å²) in [6.45, 7) is 2.07. The molecule has 2 rings (SSSR count). The van der Waals surface area contributed by atoms with E-state index in [0.29, 0.717) is 12.8 Å². The Bertz CT molecular complexity index is 291. The van der Waals surface area contributed by atoms with Gasteiger partial charge in [-0.15, -0.1) is 0 Å². The van der Waals surface area contributed by atoms with Gasteiger partial charge in [-0.2, -0.15) is 0 Å². The van der Waals surface area contributed by atoms with Gasteiger partial charge in [0, 0.05) is 6.42 Å². The predicted molar refractivity (Wildman–Crippen MR) is 48.1 cm³/mol. The molecule has 1 aromatic carbocycles. The average Bonchev–Trinajstić information content (AvgIpc) is 2.07. The molecule has 0 nitrogen and oxygen atoms in total. The molecule has 0 fully saturated rings. The lowest BCUT2D eigenvalue weighted by Crippen LogP contribution is -2.15. The maximum Gasteiger partial charge on any atom is 0.104 e. The van der Waals surface area contributed by atoms with Crippen LogP contribution in [0.1, 0.15) is 23.1 Å². The monoisotopic (exact) mass is 164 g/mol. The van der Waals surface area contributed by atoms with Gasteiger partial charge >= 0.3 is 0 Å². The molecule has 1 aliphatic carbocycles. The van der Waals surface area contributed by atoms with Gasteiger partial charge in [0.1, 0.15) is 6.17 Å². The van der Waals surface area contributed by atoms with E-state index in [1.165, 1.54) is 16.7 Å². The van der Waals surface area contributed by atoms with Crippen LogP contribution in [0.25, 0.3) is 0 Å². The SMILES string of the molecule is Cc1cccc2c1CC(F)CC2. The van der Waals surface area contributed by atoms with Crippen molar-refractivity contribution in [1.29, 1.82) is 0 Å². The Morgan fingerprint density at radius 1 is 1.42 bits per heavy atom. The van der Waals surface area contributed by atoms with Crippen molar-refractivity contribution in [3.8, 4) is 0 Å². The Balaban J connectivity index is 2.43. The zero-order valence-corrected chi connectivity index (χ0v) is 7.31. The maximum absolute atomic E-state index is 13.0. The van der Waals surface area contributed by atoms with Gasteiger partial charge in [-0.1, -0.05) is 18.2 Å². The van der Waals surface area contributed by atoms with Crippen molar-refractivity contribution in [3.63, 3.8) is 0 Å². The van der Waals surface area contributed by atoms with Crippen LogP contribution in [0.3, 0.4) is 0 Å². The van der Waals surface area contributed by atoms with Gasteiger partial charge in [0.25, 0.3) is 0 Å². The summed E-state index contributed by atoms with van der Waals surface area (Å²) in [5.41, 5.74) is 3.84. The molecule has 1 aromatic rings. The Morgan fingerprint density at radius 3 is 3.08 bits per heavy atom. The Hall–Kier alpha value is -0.850. The van der Waals surface area contributed by atoms with Gasteiger partial charge in [-0.25, -0.2) is 4.39 Å². The second-order valence-corrected chi connectivity index (χ2v) is 3.55. The van der Waals surface area contributed by atoms with Gasteiger partial charge in [0.15, 0.2) is 0 Å². The maximum atomic E-state index is 13.0. The molecule has 0 saturated carbocycles. The van der Waals surface area contributed by atoms with E-state index in [1.54, 1.807) is 0 Å². The summed E-state index contributed by atoms with van der Waals surface area (Å²) >= 11 is 0. The highest BCUT2D eigenvalue weighted by Gasteiger charge is 2.18. The standard InChI is InChI=1S/C11H13F/c1-8-3-2-4-9-5-6-10(12)7-11(8)9/h2-4,10H,5-7H2,1H3. The summed E-state index contributed by atoms with van der Waals surface area (Å²) in [6.07, 6.45) is 1.63. The molecule has 1 atom stereocenters. The first-order valence-corrected chi connectivity index (χ1v) is 4.49. The Morgan fingerprint density at radius 2 is 2.25 bits per heavy atom. The van der Waals surface area contributed by atoms with Gasteiger partial charge in [0.05, 0.1) is 0 Å². The number of aryl methyl sites for hydroxylation is 2. The second-order valence-electron chi connectivity index (χ2n) is 3.55. The minimum absolute atomic E-state index is 0.612. The molecule has 0 radical (unpaired) electrons. The van der Waals surface area contributed by atoms with E-state index in [-0.39, 0.29) is 0 Å². The molecular weight excluding hydrogens is 151 g/mol. The molecule has 1 heteroatoms. The number of fused-ring (bicyclic) bond motifs is 1. The van der Waals surface area contributed by atoms with E-state index in [9.17, 15) is 4.39 Å². The quantitative estimate of drug-likeness (QED) is 0.553. The van der Waals surface area contributed by atoms with Crippen LogP contribution in [0.2, 0.25) is 0 Å². The molecule has 0 aromatic heterocycles. The summed E-state index contributed by atoms with van der Waals surface area (Å²) in [4.78, 5) is 0. The van der Waals surface area contributed by atoms with E-state index in [2.05, 4.69) is 25.1 Å². The average molecular weight is 164 g/mol. The first-order valence-electron chi connectivity index (χ1n) is 4.49. The number of alkyl halides is 1. The molecule has 0 spiro atoms. The molecule has 12 heavy (non-hydrogen) atoms. The highest BCUT2D eigenvalue weighted by molar-refractivity contribution is 5.36. The van der Waals surface area contributed by atoms with E-state index < -0.39 is 6.17 Å². The molecule has 0 aliphatic heterocycles. The molecule has 64 valence electrons. The van der Waals surface area contributed by atoms with Crippen LogP contribution in [0.5, 0.6) is 0 Å². The smallest absolute Gasteiger partial charge is 0.104 e. The fraction of sp³-hybridized carbons (Fsp3) is 0.455. The van der Waals surface area contributed by atoms with Crippen molar-refractivity contribution in [2.24, 2.45) is 0 Å². The van der Waals surface area contributed by atoms with Crippen LogP contribution in [0.4, 0.5) is 4.39 Å². The topological polar surface area (TPSA) is 0 Å². The van der Waals surface area contributed by atoms with Crippen LogP contribution in [0, 0.1) is 6.92 Å². The van der Waals surface area contributed by atoms with Crippen molar-refractivity contribution in [1.82, 2.24) is 0 Å². The minimum atomic E-state index is -0.612. The molecule has 0 N–H and O–H groups in total. The fourth-order valence-electron chi connectivity index (χ4n) is 1.93. The summed E-state index contributed by atoms with van der Waals surface area (Å²) in [7, 11) is 0. The van der Waals surface area contributed by atoms with E-state index in [4.69, 9.17) is 0 Å². The number of hydrogen-bond donors (Lipinski definition) is 0. The van der Waals surface area contributed by atoms with Crippen LogP contribution in [-0.2, 0) is 12.8 Å². The minimum Gasteiger partial charge on any atom is -0.247 e. The van der Waals surface area contributed by atoms with Gasteiger partial charge in [-0.05, 0) is 36.5 Å². The molecule has 0 heterocycles. The van der Waals surface area contributed by atoms with Crippen LogP contribution in [-0.4, -0.2) is 6.17 Å². The predicted octanol–water partition coefficient (Wildman–Crippen LogP) is 2.82. The van der Waals surface area contributed by atoms with Crippen LogP contribution in [0.15, 0.2) is 18.2 Å². The third-order valence-electron chi connectivity index (χ3n) is 2.66. The van der Waals surface area contributed by atoms with Crippen molar-refractivity contribution in [2.45, 2.75) is 32.4 Å². The lowest BCUT2D eigenvalue weighted by molar-refractivity contribution is 0.301. The molecule has 1 unspecified atom stereocenters. The first kappa shape index (κ1) is 7.78. The number of halogens is 1. The largest absolute Gasteiger partial charge is 0.247 e. The lowest BCUT2D eigenvalue weighted by Gasteiger charge is -2.20. The first-order chi connectivity index (χ1) is 5.77. The number of rotatable bonds is 0. The van der Waals surface area contributed by atoms with Crippen LogP contribution < -0.4 is 0 Å². The van der Waals surface area contributed by atoms with Crippen molar-refractivity contribution >= 4 is 0 Å². The Kier molecular flexibility index (Phi) is 1.87.